The summed E-state index contributed by atoms with van der Waals surface area (Å²) in [6.07, 6.45) is 5.20. The summed E-state index contributed by atoms with van der Waals surface area (Å²) in [5.41, 5.74) is 2.67. The van der Waals surface area contributed by atoms with Crippen LogP contribution in [0, 0.1) is 0 Å². The Balaban J connectivity index is 2.14. The zero-order valence-corrected chi connectivity index (χ0v) is 12.3. The summed E-state index contributed by atoms with van der Waals surface area (Å²) in [6, 6.07) is 9.05. The van der Waals surface area contributed by atoms with Gasteiger partial charge >= 0.3 is 18.0 Å². The molecule has 0 heterocycles. The van der Waals surface area contributed by atoms with Crippen LogP contribution in [0.4, 0.5) is 4.79 Å². The van der Waals surface area contributed by atoms with Crippen LogP contribution in [0.25, 0.3) is 0 Å². The second kappa shape index (κ2) is 10.6. The van der Waals surface area contributed by atoms with Crippen LogP contribution in [-0.4, -0.2) is 23.1 Å². The molecule has 1 amide bonds. The van der Waals surface area contributed by atoms with E-state index in [0.717, 1.165) is 17.7 Å². The summed E-state index contributed by atoms with van der Waals surface area (Å²) in [6.45, 7) is 0.0655. The summed E-state index contributed by atoms with van der Waals surface area (Å²) in [5, 5.41) is 8.37. The van der Waals surface area contributed by atoms with Crippen LogP contribution in [0.3, 0.4) is 0 Å². The Bertz CT molecular complexity index is 579. The summed E-state index contributed by atoms with van der Waals surface area (Å²) in [4.78, 5) is 37.2. The molecular weight excluding hydrogens is 302 g/mol. The highest BCUT2D eigenvalue weighted by atomic mass is 16.7. The molecule has 0 atom stereocenters. The molecule has 0 unspecified atom stereocenters. The van der Waals surface area contributed by atoms with Crippen LogP contribution >= 0.6 is 0 Å². The van der Waals surface area contributed by atoms with E-state index in [2.05, 4.69) is 4.84 Å². The number of carbonyl (C=O) groups is 3. The molecule has 0 aromatic heterocycles. The molecule has 0 fully saturated rings. The van der Waals surface area contributed by atoms with Gasteiger partial charge in [0, 0.05) is 12.2 Å². The lowest BCUT2D eigenvalue weighted by atomic mass is 10.2. The summed E-state index contributed by atoms with van der Waals surface area (Å²) < 4.78 is 4.84. The highest BCUT2D eigenvalue weighted by Crippen LogP contribution is 2.00. The molecule has 1 aromatic carbocycles. The zero-order valence-electron chi connectivity index (χ0n) is 12.3. The van der Waals surface area contributed by atoms with Gasteiger partial charge < -0.3 is 14.7 Å². The number of nitrogens with one attached hydrogen (secondary N) is 1. The number of amides is 1. The van der Waals surface area contributed by atoms with Gasteiger partial charge in [-0.3, -0.25) is 0 Å². The Labute approximate surface area is 133 Å². The standard InChI is InChI=1S/C16H17NO6/c18-14(19)10-6-1-2-7-11-15(20)23-17-16(21)22-12-13-8-4-3-5-9-13/h3-11H,1-2,12H2,(H,17,21)(H,18,19). The van der Waals surface area contributed by atoms with E-state index < -0.39 is 18.0 Å². The fourth-order valence-corrected chi connectivity index (χ4v) is 1.43. The van der Waals surface area contributed by atoms with Gasteiger partial charge in [-0.1, -0.05) is 42.5 Å². The van der Waals surface area contributed by atoms with Crippen molar-refractivity contribution < 1.29 is 29.1 Å². The average molecular weight is 319 g/mol. The first-order chi connectivity index (χ1) is 11.1. The quantitative estimate of drug-likeness (QED) is 0.454. The normalized spacial score (nSPS) is 10.6. The van der Waals surface area contributed by atoms with Gasteiger partial charge in [0.05, 0.1) is 0 Å². The van der Waals surface area contributed by atoms with Crippen LogP contribution in [0.2, 0.25) is 0 Å². The number of carbonyl (C=O) groups excluding carboxylic acids is 2. The van der Waals surface area contributed by atoms with Gasteiger partial charge in [0.25, 0.3) is 0 Å². The van der Waals surface area contributed by atoms with Gasteiger partial charge in [0.15, 0.2) is 0 Å². The average Bonchev–Trinajstić information content (AvgIpc) is 2.55. The summed E-state index contributed by atoms with van der Waals surface area (Å²) >= 11 is 0. The van der Waals surface area contributed by atoms with E-state index in [-0.39, 0.29) is 6.61 Å². The predicted molar refractivity (Wildman–Crippen MR) is 81.0 cm³/mol. The predicted octanol–water partition coefficient (Wildman–Crippen LogP) is 2.35. The van der Waals surface area contributed by atoms with E-state index in [0.29, 0.717) is 12.8 Å². The molecule has 1 aromatic rings. The minimum Gasteiger partial charge on any atom is -0.478 e. The Morgan fingerprint density at radius 3 is 2.35 bits per heavy atom. The monoisotopic (exact) mass is 319 g/mol. The molecule has 0 radical (unpaired) electrons. The number of aliphatic carboxylic acids is 1. The third kappa shape index (κ3) is 9.46. The Morgan fingerprint density at radius 1 is 1.04 bits per heavy atom. The van der Waals surface area contributed by atoms with Crippen molar-refractivity contribution in [2.45, 2.75) is 19.4 Å². The fraction of sp³-hybridized carbons (Fsp3) is 0.188. The maximum atomic E-state index is 11.3. The minimum atomic E-state index is -1.02. The van der Waals surface area contributed by atoms with Gasteiger partial charge in [-0.25, -0.2) is 14.4 Å². The van der Waals surface area contributed by atoms with Gasteiger partial charge in [0.1, 0.15) is 6.61 Å². The molecule has 7 heteroatoms. The number of carboxylic acids is 1. The molecule has 0 aliphatic heterocycles. The molecule has 0 spiro atoms. The van der Waals surface area contributed by atoms with Crippen molar-refractivity contribution >= 4 is 18.0 Å². The van der Waals surface area contributed by atoms with Crippen molar-refractivity contribution in [3.8, 4) is 0 Å². The highest BCUT2D eigenvalue weighted by molar-refractivity contribution is 5.83. The molecule has 0 aliphatic rings. The summed E-state index contributed by atoms with van der Waals surface area (Å²) in [7, 11) is 0. The number of hydrogen-bond donors (Lipinski definition) is 2. The zero-order chi connectivity index (χ0) is 16.9. The number of ether oxygens (including phenoxy) is 1. The smallest absolute Gasteiger partial charge is 0.441 e. The largest absolute Gasteiger partial charge is 0.478 e. The fourth-order valence-electron chi connectivity index (χ4n) is 1.43. The Hall–Kier alpha value is -3.09. The summed E-state index contributed by atoms with van der Waals surface area (Å²) in [5.74, 6) is -1.78. The Kier molecular flexibility index (Phi) is 8.29. The van der Waals surface area contributed by atoms with Crippen molar-refractivity contribution in [3.05, 3.63) is 60.2 Å². The molecular formula is C16H17NO6. The lowest BCUT2D eigenvalue weighted by Crippen LogP contribution is -2.26. The van der Waals surface area contributed by atoms with E-state index >= 15 is 0 Å². The maximum absolute atomic E-state index is 11.3. The van der Waals surface area contributed by atoms with E-state index in [1.54, 1.807) is 12.1 Å². The van der Waals surface area contributed by atoms with Crippen molar-refractivity contribution in [1.29, 1.82) is 0 Å². The molecule has 0 saturated heterocycles. The van der Waals surface area contributed by atoms with Gasteiger partial charge in [-0.05, 0) is 18.4 Å². The lowest BCUT2D eigenvalue weighted by Gasteiger charge is -2.05. The third-order valence-corrected chi connectivity index (χ3v) is 2.46. The van der Waals surface area contributed by atoms with E-state index in [9.17, 15) is 14.4 Å². The van der Waals surface area contributed by atoms with Crippen LogP contribution < -0.4 is 5.48 Å². The van der Waals surface area contributed by atoms with Crippen LogP contribution in [-0.2, 0) is 25.8 Å². The van der Waals surface area contributed by atoms with Crippen molar-refractivity contribution in [3.63, 3.8) is 0 Å². The molecule has 23 heavy (non-hydrogen) atoms. The molecule has 7 nitrogen and oxygen atoms in total. The maximum Gasteiger partial charge on any atom is 0.441 e. The number of unbranched alkanes of at least 4 members (excludes halogenated alkanes) is 1. The molecule has 0 aliphatic carbocycles. The van der Waals surface area contributed by atoms with Crippen LogP contribution in [0.15, 0.2) is 54.6 Å². The van der Waals surface area contributed by atoms with Gasteiger partial charge in [-0.15, -0.1) is 5.48 Å². The number of benzene rings is 1. The highest BCUT2D eigenvalue weighted by Gasteiger charge is 2.05. The molecule has 122 valence electrons. The number of carboxylic acid groups (broad SMARTS) is 1. The first-order valence-corrected chi connectivity index (χ1v) is 6.81. The van der Waals surface area contributed by atoms with Crippen LogP contribution in [0.5, 0.6) is 0 Å². The van der Waals surface area contributed by atoms with E-state index in [1.165, 1.54) is 12.2 Å². The third-order valence-electron chi connectivity index (χ3n) is 2.46. The van der Waals surface area contributed by atoms with Crippen molar-refractivity contribution in [2.75, 3.05) is 0 Å². The topological polar surface area (TPSA) is 102 Å². The first-order valence-electron chi connectivity index (χ1n) is 6.81. The minimum absolute atomic E-state index is 0.0655. The number of hydroxylamine groups is 1. The number of allylic oxidation sites excluding steroid dienone is 2. The van der Waals surface area contributed by atoms with Gasteiger partial charge in [0.2, 0.25) is 0 Å². The molecule has 0 saturated carbocycles. The molecule has 2 N–H and O–H groups in total. The molecule has 0 bridgehead atoms. The number of rotatable bonds is 7. The lowest BCUT2D eigenvalue weighted by molar-refractivity contribution is -0.143. The van der Waals surface area contributed by atoms with E-state index in [4.69, 9.17) is 9.84 Å². The van der Waals surface area contributed by atoms with E-state index in [1.807, 2.05) is 23.7 Å². The molecule has 1 rings (SSSR count). The van der Waals surface area contributed by atoms with Crippen LogP contribution in [0.1, 0.15) is 18.4 Å². The van der Waals surface area contributed by atoms with Gasteiger partial charge in [-0.2, -0.15) is 0 Å². The number of hydrogen-bond acceptors (Lipinski definition) is 5. The second-order valence-corrected chi connectivity index (χ2v) is 4.31. The van der Waals surface area contributed by atoms with Crippen molar-refractivity contribution in [2.24, 2.45) is 0 Å². The Morgan fingerprint density at radius 2 is 1.70 bits per heavy atom. The van der Waals surface area contributed by atoms with Crippen molar-refractivity contribution in [1.82, 2.24) is 5.48 Å². The SMILES string of the molecule is O=C(O)C=CCCC=CC(=O)ONC(=O)OCc1ccccc1. The second-order valence-electron chi connectivity index (χ2n) is 4.31. The first kappa shape index (κ1) is 18.0.